The second-order valence-corrected chi connectivity index (χ2v) is 7.88. The summed E-state index contributed by atoms with van der Waals surface area (Å²) >= 11 is 0. The quantitative estimate of drug-likeness (QED) is 0.897. The van der Waals surface area contributed by atoms with E-state index in [1.807, 2.05) is 0 Å². The zero-order chi connectivity index (χ0) is 17.4. The fourth-order valence-electron chi connectivity index (χ4n) is 4.26. The first-order valence-corrected chi connectivity index (χ1v) is 9.75. The number of benzene rings is 1. The Morgan fingerprint density at radius 3 is 2.72 bits per heavy atom. The molecule has 2 aliphatic rings. The van der Waals surface area contributed by atoms with Gasteiger partial charge < -0.3 is 10.2 Å². The number of hydrogen-bond donors (Lipinski definition) is 1. The molecule has 2 aromatic rings. The van der Waals surface area contributed by atoms with Crippen molar-refractivity contribution >= 4 is 5.82 Å². The van der Waals surface area contributed by atoms with Gasteiger partial charge in [0.25, 0.3) is 0 Å². The van der Waals surface area contributed by atoms with Crippen LogP contribution in [0.4, 0.5) is 5.82 Å². The van der Waals surface area contributed by atoms with Crippen molar-refractivity contribution < 1.29 is 0 Å². The van der Waals surface area contributed by atoms with Crippen molar-refractivity contribution in [3.8, 4) is 5.69 Å². The van der Waals surface area contributed by atoms with Crippen molar-refractivity contribution in [2.24, 2.45) is 0 Å². The Bertz CT molecular complexity index is 753. The largest absolute Gasteiger partial charge is 0.370 e. The van der Waals surface area contributed by atoms with Gasteiger partial charge in [-0.15, -0.1) is 0 Å². The van der Waals surface area contributed by atoms with E-state index in [-0.39, 0.29) is 0 Å². The van der Waals surface area contributed by atoms with Gasteiger partial charge in [-0.1, -0.05) is 12.1 Å². The van der Waals surface area contributed by atoms with Crippen LogP contribution in [0.15, 0.2) is 18.2 Å². The number of nitrogens with zero attached hydrogens (tertiary/aromatic N) is 3. The highest BCUT2D eigenvalue weighted by atomic mass is 15.3. The van der Waals surface area contributed by atoms with E-state index in [0.717, 1.165) is 13.0 Å². The number of aryl methyl sites for hydroxylation is 2. The summed E-state index contributed by atoms with van der Waals surface area (Å²) < 4.78 is 2.20. The molecular formula is C21H30N4. The highest BCUT2D eigenvalue weighted by Gasteiger charge is 2.28. The van der Waals surface area contributed by atoms with Crippen molar-refractivity contribution in [3.05, 3.63) is 40.6 Å². The van der Waals surface area contributed by atoms with E-state index >= 15 is 0 Å². The molecule has 3 heterocycles. The number of likely N-dealkylation sites (tertiary alicyclic amines) is 1. The zero-order valence-corrected chi connectivity index (χ0v) is 15.8. The van der Waals surface area contributed by atoms with Gasteiger partial charge in [0, 0.05) is 18.0 Å². The molecule has 2 aliphatic heterocycles. The van der Waals surface area contributed by atoms with Gasteiger partial charge in [-0.2, -0.15) is 5.10 Å². The highest BCUT2D eigenvalue weighted by Crippen LogP contribution is 2.36. The summed E-state index contributed by atoms with van der Waals surface area (Å²) in [5.41, 5.74) is 6.65. The first-order valence-electron chi connectivity index (χ1n) is 9.75. The molecule has 0 atom stereocenters. The van der Waals surface area contributed by atoms with E-state index in [9.17, 15) is 0 Å². The van der Waals surface area contributed by atoms with Crippen molar-refractivity contribution in [2.75, 3.05) is 32.0 Å². The Morgan fingerprint density at radius 2 is 1.92 bits per heavy atom. The third kappa shape index (κ3) is 3.20. The summed E-state index contributed by atoms with van der Waals surface area (Å²) in [5.74, 6) is 1.86. The lowest BCUT2D eigenvalue weighted by molar-refractivity contribution is 0.252. The van der Waals surface area contributed by atoms with Crippen LogP contribution < -0.4 is 5.32 Å². The molecule has 1 aromatic carbocycles. The topological polar surface area (TPSA) is 33.1 Å². The average molecular weight is 338 g/mol. The number of aromatic nitrogens is 2. The van der Waals surface area contributed by atoms with E-state index < -0.39 is 0 Å². The Kier molecular flexibility index (Phi) is 4.55. The fourth-order valence-corrected chi connectivity index (χ4v) is 4.26. The summed E-state index contributed by atoms with van der Waals surface area (Å²) in [5, 5.41) is 8.89. The molecule has 0 bridgehead atoms. The summed E-state index contributed by atoms with van der Waals surface area (Å²) in [6.45, 7) is 7.77. The number of hydrogen-bond acceptors (Lipinski definition) is 3. The monoisotopic (exact) mass is 338 g/mol. The lowest BCUT2D eigenvalue weighted by Gasteiger charge is -2.28. The van der Waals surface area contributed by atoms with Gasteiger partial charge in [0.2, 0.25) is 0 Å². The first-order chi connectivity index (χ1) is 12.1. The number of fused-ring (bicyclic) bond motifs is 1. The first kappa shape index (κ1) is 16.6. The van der Waals surface area contributed by atoms with Crippen LogP contribution in [-0.4, -0.2) is 41.4 Å². The number of anilines is 1. The normalized spacial score (nSPS) is 19.3. The number of nitrogens with one attached hydrogen (secondary N) is 1. The molecule has 0 spiro atoms. The minimum Gasteiger partial charge on any atom is -0.370 e. The smallest absolute Gasteiger partial charge is 0.133 e. The van der Waals surface area contributed by atoms with Gasteiger partial charge in [-0.3, -0.25) is 0 Å². The molecule has 0 amide bonds. The minimum atomic E-state index is 0.608. The van der Waals surface area contributed by atoms with E-state index in [4.69, 9.17) is 5.10 Å². The number of rotatable bonds is 2. The predicted octanol–water partition coefficient (Wildman–Crippen LogP) is 4.05. The standard InChI is InChI=1S/C21H30N4/c1-15-7-8-16(2)19(14-15)25-21-18(6-4-5-11-22-21)20(23-25)17-9-12-24(3)13-10-17/h7-8,14,17,22H,4-6,9-13H2,1-3H3. The SMILES string of the molecule is Cc1ccc(C)c(-n2nc(C3CCN(C)CC3)c3c2NCCCC3)c1. The lowest BCUT2D eigenvalue weighted by Crippen LogP contribution is -2.29. The molecule has 1 N–H and O–H groups in total. The lowest BCUT2D eigenvalue weighted by atomic mass is 9.90. The maximum Gasteiger partial charge on any atom is 0.133 e. The second-order valence-electron chi connectivity index (χ2n) is 7.88. The van der Waals surface area contributed by atoms with Crippen LogP contribution in [0.2, 0.25) is 0 Å². The average Bonchev–Trinajstić information content (AvgIpc) is 2.79. The van der Waals surface area contributed by atoms with Crippen LogP contribution in [0, 0.1) is 13.8 Å². The highest BCUT2D eigenvalue weighted by molar-refractivity contribution is 5.57. The summed E-state index contributed by atoms with van der Waals surface area (Å²) in [4.78, 5) is 2.44. The van der Waals surface area contributed by atoms with Crippen molar-refractivity contribution in [1.29, 1.82) is 0 Å². The minimum absolute atomic E-state index is 0.608. The van der Waals surface area contributed by atoms with E-state index in [2.05, 4.69) is 54.0 Å². The fraction of sp³-hybridized carbons (Fsp3) is 0.571. The van der Waals surface area contributed by atoms with Gasteiger partial charge in [0.1, 0.15) is 5.82 Å². The van der Waals surface area contributed by atoms with E-state index in [1.54, 1.807) is 0 Å². The van der Waals surface area contributed by atoms with Gasteiger partial charge in [-0.05, 0) is 83.3 Å². The van der Waals surface area contributed by atoms with Crippen LogP contribution >= 0.6 is 0 Å². The Labute approximate surface area is 151 Å². The van der Waals surface area contributed by atoms with Gasteiger partial charge in [-0.25, -0.2) is 4.68 Å². The van der Waals surface area contributed by atoms with Crippen LogP contribution in [0.3, 0.4) is 0 Å². The molecule has 134 valence electrons. The van der Waals surface area contributed by atoms with Crippen LogP contribution in [-0.2, 0) is 6.42 Å². The Hall–Kier alpha value is -1.81. The van der Waals surface area contributed by atoms with Crippen molar-refractivity contribution in [1.82, 2.24) is 14.7 Å². The maximum absolute atomic E-state index is 5.19. The Balaban J connectivity index is 1.80. The predicted molar refractivity (Wildman–Crippen MR) is 104 cm³/mol. The Morgan fingerprint density at radius 1 is 1.12 bits per heavy atom. The van der Waals surface area contributed by atoms with Crippen LogP contribution in [0.25, 0.3) is 5.69 Å². The molecule has 4 heteroatoms. The second kappa shape index (κ2) is 6.83. The molecule has 1 saturated heterocycles. The zero-order valence-electron chi connectivity index (χ0n) is 15.8. The van der Waals surface area contributed by atoms with Gasteiger partial charge in [0.15, 0.2) is 0 Å². The molecule has 0 aliphatic carbocycles. The summed E-state index contributed by atoms with van der Waals surface area (Å²) in [6.07, 6.45) is 6.13. The van der Waals surface area contributed by atoms with Crippen LogP contribution in [0.5, 0.6) is 0 Å². The molecule has 1 fully saturated rings. The molecule has 25 heavy (non-hydrogen) atoms. The molecule has 0 saturated carbocycles. The molecule has 4 nitrogen and oxygen atoms in total. The summed E-state index contributed by atoms with van der Waals surface area (Å²) in [7, 11) is 2.23. The van der Waals surface area contributed by atoms with Crippen LogP contribution in [0.1, 0.15) is 54.0 Å². The molecule has 4 rings (SSSR count). The molecular weight excluding hydrogens is 308 g/mol. The maximum atomic E-state index is 5.19. The van der Waals surface area contributed by atoms with Gasteiger partial charge >= 0.3 is 0 Å². The summed E-state index contributed by atoms with van der Waals surface area (Å²) in [6, 6.07) is 6.67. The van der Waals surface area contributed by atoms with Crippen molar-refractivity contribution in [2.45, 2.75) is 51.9 Å². The third-order valence-electron chi connectivity index (χ3n) is 5.86. The van der Waals surface area contributed by atoms with E-state index in [0.29, 0.717) is 5.92 Å². The molecule has 0 unspecified atom stereocenters. The van der Waals surface area contributed by atoms with Crippen molar-refractivity contribution in [3.63, 3.8) is 0 Å². The molecule has 0 radical (unpaired) electrons. The third-order valence-corrected chi connectivity index (χ3v) is 5.86. The number of piperidine rings is 1. The van der Waals surface area contributed by atoms with Gasteiger partial charge in [0.05, 0.1) is 11.4 Å². The van der Waals surface area contributed by atoms with E-state index in [1.165, 1.54) is 72.7 Å². The molecule has 1 aromatic heterocycles.